The molecule has 118 valence electrons. The fourth-order valence-electron chi connectivity index (χ4n) is 1.56. The van der Waals surface area contributed by atoms with E-state index in [1.54, 1.807) is 12.5 Å². The lowest BCUT2D eigenvalue weighted by Gasteiger charge is -2.15. The van der Waals surface area contributed by atoms with E-state index in [2.05, 4.69) is 0 Å². The van der Waals surface area contributed by atoms with E-state index >= 15 is 0 Å². The van der Waals surface area contributed by atoms with Crippen molar-refractivity contribution in [2.45, 2.75) is 19.2 Å². The van der Waals surface area contributed by atoms with Crippen LogP contribution in [-0.2, 0) is 12.3 Å². The molecule has 1 aromatic rings. The van der Waals surface area contributed by atoms with Gasteiger partial charge in [0, 0.05) is 6.54 Å². The van der Waals surface area contributed by atoms with Crippen LogP contribution in [0.4, 0.5) is 0 Å². The van der Waals surface area contributed by atoms with Crippen molar-refractivity contribution >= 4 is 23.7 Å². The van der Waals surface area contributed by atoms with Gasteiger partial charge in [0.1, 0.15) is 11.5 Å². The average molecular weight is 331 g/mol. The van der Waals surface area contributed by atoms with Crippen LogP contribution in [0.5, 0.6) is 0 Å². The topological polar surface area (TPSA) is 62.8 Å². The molecule has 0 atom stereocenters. The molecule has 0 unspecified atom stereocenters. The Morgan fingerprint density at radius 1 is 1.43 bits per heavy atom. The van der Waals surface area contributed by atoms with Gasteiger partial charge in [-0.25, -0.2) is 0 Å². The van der Waals surface area contributed by atoms with Crippen LogP contribution in [-0.4, -0.2) is 41.0 Å². The van der Waals surface area contributed by atoms with E-state index in [0.717, 1.165) is 29.8 Å². The molecule has 0 aliphatic heterocycles. The number of hydrogen-bond acceptors (Lipinski definition) is 7. The smallest absolute Gasteiger partial charge is 0.319 e. The van der Waals surface area contributed by atoms with Crippen molar-refractivity contribution < 1.29 is 9.34 Å². The Balaban J connectivity index is 2.59. The first kappa shape index (κ1) is 17.9. The third kappa shape index (κ3) is 6.45. The normalized spacial score (nSPS) is 12.0. The van der Waals surface area contributed by atoms with Crippen molar-refractivity contribution in [2.24, 2.45) is 0 Å². The van der Waals surface area contributed by atoms with Crippen LogP contribution in [0.25, 0.3) is 0 Å². The summed E-state index contributed by atoms with van der Waals surface area (Å²) >= 11 is 2.63. The molecule has 0 bridgehead atoms. The summed E-state index contributed by atoms with van der Waals surface area (Å²) < 4.78 is 7.57. The first-order chi connectivity index (χ1) is 9.96. The van der Waals surface area contributed by atoms with Crippen LogP contribution in [0.1, 0.15) is 18.4 Å². The average Bonchev–Trinajstić information content (AvgIpc) is 2.85. The maximum absolute atomic E-state index is 10.8. The van der Waals surface area contributed by atoms with E-state index in [1.807, 2.05) is 42.4 Å². The summed E-state index contributed by atoms with van der Waals surface area (Å²) in [6.45, 7) is 3.41. The summed E-state index contributed by atoms with van der Waals surface area (Å²) in [6, 6.07) is 3.92. The summed E-state index contributed by atoms with van der Waals surface area (Å²) in [5, 5.41) is 11.0. The van der Waals surface area contributed by atoms with Crippen molar-refractivity contribution in [1.82, 2.24) is 9.21 Å². The Bertz CT molecular complexity index is 489. The Morgan fingerprint density at radius 3 is 2.62 bits per heavy atom. The number of nitro groups is 1. The lowest BCUT2D eigenvalue weighted by molar-refractivity contribution is -0.411. The van der Waals surface area contributed by atoms with Crippen LogP contribution >= 0.6 is 23.7 Å². The van der Waals surface area contributed by atoms with Gasteiger partial charge in [0.25, 0.3) is 0 Å². The Hall–Kier alpha value is -1.12. The van der Waals surface area contributed by atoms with Gasteiger partial charge in [-0.1, -0.05) is 11.8 Å². The molecule has 0 aliphatic carbocycles. The lowest BCUT2D eigenvalue weighted by atomic mass is 10.4. The summed E-state index contributed by atoms with van der Waals surface area (Å²) in [6.07, 6.45) is 3.27. The third-order valence-electron chi connectivity index (χ3n) is 2.52. The van der Waals surface area contributed by atoms with E-state index in [0.29, 0.717) is 12.3 Å². The molecule has 0 N–H and O–H groups in total. The van der Waals surface area contributed by atoms with Gasteiger partial charge in [-0.15, -0.1) is 0 Å². The number of nitrogens with zero attached hydrogens (tertiary/aromatic N) is 3. The zero-order valence-electron chi connectivity index (χ0n) is 12.7. The summed E-state index contributed by atoms with van der Waals surface area (Å²) in [5.74, 6) is 2.44. The molecule has 0 radical (unpaired) electrons. The number of hydrogen-bond donors (Lipinski definition) is 0. The highest BCUT2D eigenvalue weighted by molar-refractivity contribution is 8.02. The van der Waals surface area contributed by atoms with Gasteiger partial charge in [-0.2, -0.15) is 0 Å². The second-order valence-corrected chi connectivity index (χ2v) is 6.38. The summed E-state index contributed by atoms with van der Waals surface area (Å²) in [5.41, 5.74) is 0. The molecule has 0 aliphatic rings. The number of rotatable bonds is 9. The predicted octanol–water partition coefficient (Wildman–Crippen LogP) is 3.25. The minimum absolute atomic E-state index is 0.136. The van der Waals surface area contributed by atoms with Crippen LogP contribution < -0.4 is 0 Å². The highest BCUT2D eigenvalue weighted by Gasteiger charge is 2.12. The molecule has 0 aromatic carbocycles. The van der Waals surface area contributed by atoms with Crippen LogP contribution in [0.2, 0.25) is 0 Å². The van der Waals surface area contributed by atoms with Gasteiger partial charge in [0.15, 0.2) is 0 Å². The molecule has 0 saturated heterocycles. The van der Waals surface area contributed by atoms with Gasteiger partial charge in [-0.05, 0) is 51.4 Å². The third-order valence-corrected chi connectivity index (χ3v) is 4.30. The van der Waals surface area contributed by atoms with Gasteiger partial charge < -0.3 is 13.6 Å². The van der Waals surface area contributed by atoms with Gasteiger partial charge in [0.2, 0.25) is 0 Å². The van der Waals surface area contributed by atoms with E-state index in [9.17, 15) is 10.1 Å². The molecule has 21 heavy (non-hydrogen) atoms. The van der Waals surface area contributed by atoms with Gasteiger partial charge in [-0.3, -0.25) is 10.1 Å². The van der Waals surface area contributed by atoms with Crippen molar-refractivity contribution in [2.75, 3.05) is 26.9 Å². The zero-order valence-corrected chi connectivity index (χ0v) is 14.4. The maximum atomic E-state index is 10.8. The Kier molecular flexibility index (Phi) is 7.69. The van der Waals surface area contributed by atoms with Gasteiger partial charge in [0.05, 0.1) is 23.4 Å². The van der Waals surface area contributed by atoms with Gasteiger partial charge >= 0.3 is 5.03 Å². The van der Waals surface area contributed by atoms with Crippen molar-refractivity contribution in [3.8, 4) is 0 Å². The monoisotopic (exact) mass is 331 g/mol. The summed E-state index contributed by atoms with van der Waals surface area (Å²) in [4.78, 5) is 12.5. The standard InChI is InChI=1S/C13H21N3O3S2/c1-5-15(9-13(20-4)16(17)18)21-10-12-7-6-11(19-12)8-14(2)3/h6-7,9H,5,8,10H2,1-4H3/b13-9+. The van der Waals surface area contributed by atoms with Crippen LogP contribution in [0, 0.1) is 10.1 Å². The maximum Gasteiger partial charge on any atom is 0.319 e. The molecular weight excluding hydrogens is 310 g/mol. The van der Waals surface area contributed by atoms with Crippen LogP contribution in [0.15, 0.2) is 27.8 Å². The number of furan rings is 1. The highest BCUT2D eigenvalue weighted by Crippen LogP contribution is 2.22. The van der Waals surface area contributed by atoms with Crippen LogP contribution in [0.3, 0.4) is 0 Å². The minimum Gasteiger partial charge on any atom is -0.464 e. The van der Waals surface area contributed by atoms with E-state index in [-0.39, 0.29) is 9.95 Å². The highest BCUT2D eigenvalue weighted by atomic mass is 32.2. The first-order valence-electron chi connectivity index (χ1n) is 6.48. The van der Waals surface area contributed by atoms with E-state index in [4.69, 9.17) is 4.42 Å². The van der Waals surface area contributed by atoms with E-state index < -0.39 is 0 Å². The molecule has 0 amide bonds. The van der Waals surface area contributed by atoms with Crippen molar-refractivity contribution in [3.05, 3.63) is 45.0 Å². The molecular formula is C13H21N3O3S2. The second-order valence-electron chi connectivity index (χ2n) is 4.54. The number of thioether (sulfide) groups is 1. The molecule has 6 nitrogen and oxygen atoms in total. The first-order valence-corrected chi connectivity index (χ1v) is 8.65. The second kappa shape index (κ2) is 9.01. The quantitative estimate of drug-likeness (QED) is 0.391. The Labute approximate surface area is 133 Å². The van der Waals surface area contributed by atoms with Crippen molar-refractivity contribution in [1.29, 1.82) is 0 Å². The fraction of sp³-hybridized carbons (Fsp3) is 0.538. The molecule has 1 aromatic heterocycles. The SMILES string of the molecule is CCN(/C=C(/SC)[N+](=O)[O-])SCc1ccc(CN(C)C)o1. The lowest BCUT2D eigenvalue weighted by Crippen LogP contribution is -2.10. The molecule has 0 saturated carbocycles. The summed E-state index contributed by atoms with van der Waals surface area (Å²) in [7, 11) is 3.98. The van der Waals surface area contributed by atoms with E-state index in [1.165, 1.54) is 11.9 Å². The van der Waals surface area contributed by atoms with Crippen molar-refractivity contribution in [3.63, 3.8) is 0 Å². The molecule has 0 spiro atoms. The molecule has 0 fully saturated rings. The molecule has 1 rings (SSSR count). The largest absolute Gasteiger partial charge is 0.464 e. The molecule has 8 heteroatoms. The zero-order chi connectivity index (χ0) is 15.8. The predicted molar refractivity (Wildman–Crippen MR) is 88.4 cm³/mol. The minimum atomic E-state index is -0.365. The Morgan fingerprint density at radius 2 is 2.10 bits per heavy atom. The fourth-order valence-corrected chi connectivity index (χ4v) is 2.81. The molecule has 1 heterocycles.